The molecule has 0 atom stereocenters. The van der Waals surface area contributed by atoms with Gasteiger partial charge >= 0.3 is 11.9 Å². The molecule has 0 spiro atoms. The van der Waals surface area contributed by atoms with Crippen molar-refractivity contribution in [2.45, 2.75) is 26.9 Å². The number of hydrogen-bond acceptors (Lipinski definition) is 10. The van der Waals surface area contributed by atoms with Crippen molar-refractivity contribution in [3.05, 3.63) is 48.0 Å². The van der Waals surface area contributed by atoms with Crippen LogP contribution in [0.2, 0.25) is 0 Å². The second-order valence-electron chi connectivity index (χ2n) is 6.69. The number of nitrogens with zero attached hydrogens (tertiary/aromatic N) is 6. The van der Waals surface area contributed by atoms with E-state index < -0.39 is 23.8 Å². The van der Waals surface area contributed by atoms with Gasteiger partial charge < -0.3 is 20.1 Å². The molecule has 0 fully saturated rings. The number of carbonyl (C=O) groups is 4. The molecule has 2 heterocycles. The number of rotatable bonds is 10. The normalized spacial score (nSPS) is 10.4. The number of aromatic nitrogens is 6. The summed E-state index contributed by atoms with van der Waals surface area (Å²) in [6.45, 7) is 3.28. The Bertz CT molecular complexity index is 1100. The van der Waals surface area contributed by atoms with E-state index in [4.69, 9.17) is 9.47 Å². The third-order valence-electron chi connectivity index (χ3n) is 4.13. The summed E-state index contributed by atoms with van der Waals surface area (Å²) in [5.41, 5.74) is 0.665. The minimum Gasteiger partial charge on any atom is -0.461 e. The molecule has 0 bridgehead atoms. The van der Waals surface area contributed by atoms with Gasteiger partial charge in [0.2, 0.25) is 11.8 Å². The minimum atomic E-state index is -0.635. The largest absolute Gasteiger partial charge is 0.461 e. The maximum atomic E-state index is 12.4. The highest BCUT2D eigenvalue weighted by Gasteiger charge is 2.16. The van der Waals surface area contributed by atoms with E-state index >= 15 is 0 Å². The van der Waals surface area contributed by atoms with E-state index in [1.807, 2.05) is 0 Å². The number of hydrogen-bond donors (Lipinski definition) is 2. The van der Waals surface area contributed by atoms with E-state index in [9.17, 15) is 19.2 Å². The molecule has 178 valence electrons. The molecular weight excluding hydrogens is 448 g/mol. The number of para-hydroxylation sites is 2. The van der Waals surface area contributed by atoms with E-state index in [1.54, 1.807) is 38.1 Å². The average Bonchev–Trinajstić information content (AvgIpc) is 3.45. The number of anilines is 2. The highest BCUT2D eigenvalue weighted by molar-refractivity contribution is 5.99. The summed E-state index contributed by atoms with van der Waals surface area (Å²) in [5.74, 6) is -2.19. The quantitative estimate of drug-likeness (QED) is 0.397. The van der Waals surface area contributed by atoms with Crippen molar-refractivity contribution in [3.8, 4) is 0 Å². The molecule has 0 radical (unpaired) electrons. The van der Waals surface area contributed by atoms with Gasteiger partial charge in [-0.25, -0.2) is 19.0 Å². The SMILES string of the molecule is CCOC(=O)c1cn(CC(=O)Nc2ccccc2NC(=O)Cn2cc(C(=O)OCC)nn2)nn1. The number of benzene rings is 1. The van der Waals surface area contributed by atoms with Gasteiger partial charge in [-0.15, -0.1) is 10.2 Å². The average molecular weight is 470 g/mol. The van der Waals surface area contributed by atoms with Crippen molar-refractivity contribution in [1.82, 2.24) is 30.0 Å². The summed E-state index contributed by atoms with van der Waals surface area (Å²) < 4.78 is 12.0. The second-order valence-corrected chi connectivity index (χ2v) is 6.69. The van der Waals surface area contributed by atoms with Gasteiger partial charge in [-0.2, -0.15) is 0 Å². The van der Waals surface area contributed by atoms with Crippen LogP contribution in [0.25, 0.3) is 0 Å². The molecule has 34 heavy (non-hydrogen) atoms. The predicted octanol–water partition coefficient (Wildman–Crippen LogP) is 0.500. The lowest BCUT2D eigenvalue weighted by Gasteiger charge is -2.12. The fourth-order valence-electron chi connectivity index (χ4n) is 2.72. The van der Waals surface area contributed by atoms with Gasteiger partial charge in [0.05, 0.1) is 37.0 Å². The van der Waals surface area contributed by atoms with Crippen molar-refractivity contribution >= 4 is 35.1 Å². The minimum absolute atomic E-state index is 0.0125. The Kier molecular flexibility index (Phi) is 7.99. The van der Waals surface area contributed by atoms with E-state index in [-0.39, 0.29) is 37.7 Å². The van der Waals surface area contributed by atoms with E-state index in [0.717, 1.165) is 0 Å². The van der Waals surface area contributed by atoms with Crippen LogP contribution in [-0.2, 0) is 32.2 Å². The number of nitrogens with one attached hydrogen (secondary N) is 2. The van der Waals surface area contributed by atoms with Gasteiger partial charge in [-0.05, 0) is 26.0 Å². The summed E-state index contributed by atoms with van der Waals surface area (Å²) in [4.78, 5) is 48.2. The Labute approximate surface area is 193 Å². The zero-order valence-corrected chi connectivity index (χ0v) is 18.4. The van der Waals surface area contributed by atoms with Crippen molar-refractivity contribution in [2.24, 2.45) is 0 Å². The van der Waals surface area contributed by atoms with Crippen LogP contribution in [0, 0.1) is 0 Å². The number of carbonyl (C=O) groups excluding carboxylic acids is 4. The molecule has 14 nitrogen and oxygen atoms in total. The lowest BCUT2D eigenvalue weighted by atomic mass is 10.2. The number of amides is 2. The molecule has 0 unspecified atom stereocenters. The Morgan fingerprint density at radius 2 is 1.18 bits per heavy atom. The molecule has 14 heteroatoms. The molecule has 0 saturated carbocycles. The molecule has 2 N–H and O–H groups in total. The first-order valence-electron chi connectivity index (χ1n) is 10.2. The maximum absolute atomic E-state index is 12.4. The number of ether oxygens (including phenoxy) is 2. The smallest absolute Gasteiger partial charge is 0.360 e. The first kappa shape index (κ1) is 24.0. The fourth-order valence-corrected chi connectivity index (χ4v) is 2.72. The molecule has 0 aliphatic rings. The zero-order chi connectivity index (χ0) is 24.5. The van der Waals surface area contributed by atoms with E-state index in [0.29, 0.717) is 11.4 Å². The Hall–Kier alpha value is -4.62. The van der Waals surface area contributed by atoms with Gasteiger partial charge in [0.1, 0.15) is 13.1 Å². The van der Waals surface area contributed by atoms with Crippen LogP contribution in [0.4, 0.5) is 11.4 Å². The van der Waals surface area contributed by atoms with Crippen molar-refractivity contribution in [3.63, 3.8) is 0 Å². The maximum Gasteiger partial charge on any atom is 0.360 e. The Balaban J connectivity index is 1.59. The third kappa shape index (κ3) is 6.44. The van der Waals surface area contributed by atoms with Crippen LogP contribution in [-0.4, -0.2) is 67.0 Å². The van der Waals surface area contributed by atoms with Gasteiger partial charge in [-0.3, -0.25) is 9.59 Å². The van der Waals surface area contributed by atoms with E-state index in [2.05, 4.69) is 31.3 Å². The molecule has 2 aromatic heterocycles. The summed E-state index contributed by atoms with van der Waals surface area (Å²) in [5, 5.41) is 20.2. The molecule has 0 saturated heterocycles. The van der Waals surface area contributed by atoms with Crippen LogP contribution in [0.15, 0.2) is 36.7 Å². The zero-order valence-electron chi connectivity index (χ0n) is 18.4. The van der Waals surface area contributed by atoms with Crippen LogP contribution in [0.3, 0.4) is 0 Å². The van der Waals surface area contributed by atoms with Gasteiger partial charge in [0.25, 0.3) is 0 Å². The summed E-state index contributed by atoms with van der Waals surface area (Å²) >= 11 is 0. The molecule has 2 amide bonds. The van der Waals surface area contributed by atoms with E-state index in [1.165, 1.54) is 21.8 Å². The van der Waals surface area contributed by atoms with Crippen molar-refractivity contribution in [1.29, 1.82) is 0 Å². The van der Waals surface area contributed by atoms with Crippen LogP contribution >= 0.6 is 0 Å². The summed E-state index contributed by atoms with van der Waals surface area (Å²) in [7, 11) is 0. The lowest BCUT2D eigenvalue weighted by molar-refractivity contribution is -0.117. The molecule has 1 aromatic carbocycles. The first-order valence-corrected chi connectivity index (χ1v) is 10.2. The topological polar surface area (TPSA) is 172 Å². The highest BCUT2D eigenvalue weighted by atomic mass is 16.5. The van der Waals surface area contributed by atoms with Gasteiger partial charge in [0, 0.05) is 0 Å². The second kappa shape index (κ2) is 11.3. The highest BCUT2D eigenvalue weighted by Crippen LogP contribution is 2.21. The van der Waals surface area contributed by atoms with Crippen LogP contribution in [0.1, 0.15) is 34.8 Å². The third-order valence-corrected chi connectivity index (χ3v) is 4.13. The van der Waals surface area contributed by atoms with Crippen molar-refractivity contribution < 1.29 is 28.7 Å². The molecule has 0 aliphatic carbocycles. The molecule has 3 aromatic rings. The van der Waals surface area contributed by atoms with Crippen LogP contribution < -0.4 is 10.6 Å². The predicted molar refractivity (Wildman–Crippen MR) is 116 cm³/mol. The molecule has 3 rings (SSSR count). The fraction of sp³-hybridized carbons (Fsp3) is 0.300. The Morgan fingerprint density at radius 1 is 0.765 bits per heavy atom. The standard InChI is InChI=1S/C20H22N8O6/c1-3-33-19(31)15-9-27(25-23-15)11-17(29)21-13-7-5-6-8-14(13)22-18(30)12-28-10-16(24-26-28)20(32)34-4-2/h5-10H,3-4,11-12H2,1-2H3,(H,21,29)(H,22,30). The monoisotopic (exact) mass is 470 g/mol. The summed E-state index contributed by atoms with van der Waals surface area (Å²) in [6, 6.07) is 6.58. The van der Waals surface area contributed by atoms with Crippen LogP contribution in [0.5, 0.6) is 0 Å². The Morgan fingerprint density at radius 3 is 1.56 bits per heavy atom. The summed E-state index contributed by atoms with van der Waals surface area (Å²) in [6.07, 6.45) is 2.60. The molecule has 0 aliphatic heterocycles. The first-order chi connectivity index (χ1) is 16.4. The van der Waals surface area contributed by atoms with Gasteiger partial charge in [0.15, 0.2) is 11.4 Å². The number of esters is 2. The lowest BCUT2D eigenvalue weighted by Crippen LogP contribution is -2.22. The van der Waals surface area contributed by atoms with Crippen molar-refractivity contribution in [2.75, 3.05) is 23.8 Å². The van der Waals surface area contributed by atoms with Gasteiger partial charge in [-0.1, -0.05) is 22.6 Å². The molecular formula is C20H22N8O6.